The third kappa shape index (κ3) is 5.05. The minimum Gasteiger partial charge on any atom is -0.466 e. The Morgan fingerprint density at radius 1 is 0.974 bits per heavy atom. The van der Waals surface area contributed by atoms with E-state index in [1.807, 2.05) is 72.8 Å². The average Bonchev–Trinajstić information content (AvgIpc) is 3.56. The van der Waals surface area contributed by atoms with Crippen LogP contribution in [-0.2, 0) is 41.6 Å². The molecule has 3 heterocycles. The van der Waals surface area contributed by atoms with Crippen molar-refractivity contribution < 1.29 is 28.6 Å². The summed E-state index contributed by atoms with van der Waals surface area (Å²) >= 11 is 0. The molecule has 1 N–H and O–H groups in total. The zero-order valence-corrected chi connectivity index (χ0v) is 22.0. The highest BCUT2D eigenvalue weighted by Gasteiger charge is 2.60. The van der Waals surface area contributed by atoms with Gasteiger partial charge in [0.2, 0.25) is 5.91 Å². The van der Waals surface area contributed by atoms with Crippen molar-refractivity contribution in [3.63, 3.8) is 0 Å². The van der Waals surface area contributed by atoms with Crippen LogP contribution in [0.4, 0.5) is 0 Å². The Balaban J connectivity index is 1.62. The molecule has 0 aliphatic carbocycles. The second-order valence-electron chi connectivity index (χ2n) is 9.79. The molecule has 2 aromatic rings. The predicted octanol–water partition coefficient (Wildman–Crippen LogP) is 2.89. The van der Waals surface area contributed by atoms with Crippen LogP contribution in [0.5, 0.6) is 0 Å². The summed E-state index contributed by atoms with van der Waals surface area (Å²) in [6.45, 7) is 0.797. The number of nitrogens with zero attached hydrogens (tertiary/aromatic N) is 1. The lowest BCUT2D eigenvalue weighted by molar-refractivity contribution is -0.146. The van der Waals surface area contributed by atoms with Crippen LogP contribution in [0, 0.1) is 0 Å². The van der Waals surface area contributed by atoms with Gasteiger partial charge in [0, 0.05) is 13.1 Å². The van der Waals surface area contributed by atoms with E-state index in [9.17, 15) is 14.4 Å². The number of rotatable bonds is 7. The number of fused-ring (bicyclic) bond motifs is 2. The number of hydrogen-bond acceptors (Lipinski definition) is 7. The van der Waals surface area contributed by atoms with Crippen molar-refractivity contribution in [1.82, 2.24) is 10.2 Å². The Morgan fingerprint density at radius 2 is 1.64 bits per heavy atom. The molecule has 0 radical (unpaired) electrons. The minimum absolute atomic E-state index is 0.0837. The van der Waals surface area contributed by atoms with Gasteiger partial charge in [0.15, 0.2) is 0 Å². The zero-order valence-electron chi connectivity index (χ0n) is 22.0. The van der Waals surface area contributed by atoms with Crippen LogP contribution in [0.1, 0.15) is 17.5 Å². The van der Waals surface area contributed by atoms with Crippen LogP contribution in [-0.4, -0.2) is 67.3 Å². The fourth-order valence-corrected chi connectivity index (χ4v) is 5.70. The van der Waals surface area contributed by atoms with Crippen molar-refractivity contribution >= 4 is 17.8 Å². The summed E-state index contributed by atoms with van der Waals surface area (Å²) in [6, 6.07) is 18.4. The van der Waals surface area contributed by atoms with Crippen molar-refractivity contribution in [2.45, 2.75) is 43.2 Å². The van der Waals surface area contributed by atoms with Crippen LogP contribution in [0.25, 0.3) is 0 Å². The van der Waals surface area contributed by atoms with Crippen LogP contribution in [0.15, 0.2) is 96.1 Å². The van der Waals surface area contributed by atoms with Crippen LogP contribution in [0.3, 0.4) is 0 Å². The van der Waals surface area contributed by atoms with Crippen molar-refractivity contribution in [2.24, 2.45) is 0 Å². The van der Waals surface area contributed by atoms with Gasteiger partial charge >= 0.3 is 11.9 Å². The Labute approximate surface area is 227 Å². The van der Waals surface area contributed by atoms with E-state index >= 15 is 0 Å². The molecule has 0 saturated carbocycles. The van der Waals surface area contributed by atoms with E-state index in [1.54, 1.807) is 17.1 Å². The van der Waals surface area contributed by atoms with Gasteiger partial charge in [-0.05, 0) is 30.0 Å². The topological polar surface area (TPSA) is 94.2 Å². The first-order valence-corrected chi connectivity index (χ1v) is 13.0. The zero-order chi connectivity index (χ0) is 27.4. The monoisotopic (exact) mass is 528 g/mol. The first-order chi connectivity index (χ1) is 19.0. The SMILES string of the molecule is COC(=O)C1=C(C(=O)OC)[C@]2([C@@H]3CC=CCN[C@@H](Cc4ccccc4)C(=O)N3Cc3ccccc3)C=C[C@H]1O2. The third-order valence-electron chi connectivity index (χ3n) is 7.52. The second kappa shape index (κ2) is 11.4. The van der Waals surface area contributed by atoms with Gasteiger partial charge < -0.3 is 24.4 Å². The van der Waals surface area contributed by atoms with Crippen molar-refractivity contribution in [1.29, 1.82) is 0 Å². The van der Waals surface area contributed by atoms with Crippen molar-refractivity contribution in [3.8, 4) is 0 Å². The number of esters is 2. The maximum Gasteiger partial charge on any atom is 0.337 e. The highest BCUT2D eigenvalue weighted by atomic mass is 16.6. The molecular formula is C31H32N2O6. The molecule has 5 rings (SSSR count). The van der Waals surface area contributed by atoms with Gasteiger partial charge in [-0.25, -0.2) is 9.59 Å². The molecule has 0 aromatic heterocycles. The number of carbonyl (C=O) groups is 3. The van der Waals surface area contributed by atoms with Gasteiger partial charge in [0.05, 0.1) is 37.4 Å². The maximum absolute atomic E-state index is 14.4. The average molecular weight is 529 g/mol. The second-order valence-corrected chi connectivity index (χ2v) is 9.79. The smallest absolute Gasteiger partial charge is 0.337 e. The molecule has 3 aliphatic rings. The summed E-state index contributed by atoms with van der Waals surface area (Å²) in [5.74, 6) is -1.46. The van der Waals surface area contributed by atoms with E-state index in [0.717, 1.165) is 11.1 Å². The third-order valence-corrected chi connectivity index (χ3v) is 7.52. The van der Waals surface area contributed by atoms with E-state index in [0.29, 0.717) is 19.4 Å². The number of carbonyl (C=O) groups excluding carboxylic acids is 3. The molecule has 8 heteroatoms. The van der Waals surface area contributed by atoms with E-state index in [2.05, 4.69) is 5.32 Å². The Kier molecular flexibility index (Phi) is 7.77. The summed E-state index contributed by atoms with van der Waals surface area (Å²) < 4.78 is 16.6. The minimum atomic E-state index is -1.38. The van der Waals surface area contributed by atoms with Gasteiger partial charge in [0.1, 0.15) is 11.7 Å². The number of benzene rings is 2. The molecule has 0 unspecified atom stereocenters. The molecule has 0 saturated heterocycles. The molecule has 39 heavy (non-hydrogen) atoms. The Bertz CT molecular complexity index is 1320. The molecule has 2 aromatic carbocycles. The van der Waals surface area contributed by atoms with Crippen molar-refractivity contribution in [3.05, 3.63) is 107 Å². The lowest BCUT2D eigenvalue weighted by Gasteiger charge is -2.42. The summed E-state index contributed by atoms with van der Waals surface area (Å²) in [6.07, 6.45) is 7.62. The molecule has 3 aliphatic heterocycles. The summed E-state index contributed by atoms with van der Waals surface area (Å²) in [4.78, 5) is 42.3. The van der Waals surface area contributed by atoms with Gasteiger partial charge in [-0.3, -0.25) is 4.79 Å². The first kappa shape index (κ1) is 26.6. The quantitative estimate of drug-likeness (QED) is 0.436. The van der Waals surface area contributed by atoms with Gasteiger partial charge in [0.25, 0.3) is 0 Å². The van der Waals surface area contributed by atoms with Gasteiger partial charge in [-0.1, -0.05) is 78.9 Å². The molecular weight excluding hydrogens is 496 g/mol. The van der Waals surface area contributed by atoms with E-state index < -0.39 is 35.7 Å². The molecule has 202 valence electrons. The molecule has 0 fully saturated rings. The summed E-state index contributed by atoms with van der Waals surface area (Å²) in [5.41, 5.74) is 0.781. The molecule has 8 nitrogen and oxygen atoms in total. The number of amides is 1. The van der Waals surface area contributed by atoms with Gasteiger partial charge in [-0.15, -0.1) is 0 Å². The number of methoxy groups -OCH3 is 2. The fourth-order valence-electron chi connectivity index (χ4n) is 5.70. The first-order valence-electron chi connectivity index (χ1n) is 13.0. The Morgan fingerprint density at radius 3 is 2.31 bits per heavy atom. The Hall–Kier alpha value is -4.01. The summed E-state index contributed by atoms with van der Waals surface area (Å²) in [7, 11) is 2.53. The largest absolute Gasteiger partial charge is 0.466 e. The number of nitrogens with one attached hydrogen (secondary N) is 1. The lowest BCUT2D eigenvalue weighted by atomic mass is 9.79. The van der Waals surface area contributed by atoms with Gasteiger partial charge in [-0.2, -0.15) is 0 Å². The standard InChI is InChI=1S/C31H32N2O6/c1-37-29(35)26-24-16-17-31(39-24,27(26)30(36)38-2)25-15-9-10-18-32-23(19-21-11-5-3-6-12-21)28(34)33(25)20-22-13-7-4-8-14-22/h3-14,16-17,23-25,32H,15,18-20H2,1-2H3/t23-,24+,25-,31+/m0/s1. The molecule has 4 atom stereocenters. The van der Waals surface area contributed by atoms with Crippen LogP contribution < -0.4 is 5.32 Å². The number of hydrogen-bond donors (Lipinski definition) is 1. The molecule has 1 amide bonds. The molecule has 2 bridgehead atoms. The van der Waals surface area contributed by atoms with Crippen LogP contribution in [0.2, 0.25) is 0 Å². The summed E-state index contributed by atoms with van der Waals surface area (Å²) in [5, 5.41) is 3.39. The van der Waals surface area contributed by atoms with Crippen molar-refractivity contribution in [2.75, 3.05) is 20.8 Å². The normalized spacial score (nSPS) is 26.3. The fraction of sp³-hybridized carbons (Fsp3) is 0.323. The highest BCUT2D eigenvalue weighted by Crippen LogP contribution is 2.48. The maximum atomic E-state index is 14.4. The predicted molar refractivity (Wildman–Crippen MR) is 144 cm³/mol. The molecule has 0 spiro atoms. The van der Waals surface area contributed by atoms with Crippen LogP contribution >= 0.6 is 0 Å². The van der Waals surface area contributed by atoms with E-state index in [1.165, 1.54) is 14.2 Å². The lowest BCUT2D eigenvalue weighted by Crippen LogP contribution is -2.58. The van der Waals surface area contributed by atoms with E-state index in [4.69, 9.17) is 14.2 Å². The van der Waals surface area contributed by atoms with E-state index in [-0.39, 0.29) is 23.6 Å². The number of ether oxygens (including phenoxy) is 3. The highest BCUT2D eigenvalue weighted by molar-refractivity contribution is 6.05.